The zero-order chi connectivity index (χ0) is 7.56. The maximum absolute atomic E-state index is 10.6. The van der Waals surface area contributed by atoms with Crippen molar-refractivity contribution in [2.75, 3.05) is 4.43 Å². The first-order valence-electron chi connectivity index (χ1n) is 3.15. The molecule has 0 unspecified atom stereocenters. The Morgan fingerprint density at radius 2 is 2.40 bits per heavy atom. The first-order valence-corrected chi connectivity index (χ1v) is 4.68. The summed E-state index contributed by atoms with van der Waals surface area (Å²) in [6, 6.07) is 0. The third-order valence-corrected chi connectivity index (χ3v) is 2.31. The molecule has 1 saturated heterocycles. The lowest BCUT2D eigenvalue weighted by atomic mass is 10.2. The van der Waals surface area contributed by atoms with Gasteiger partial charge < -0.3 is 9.47 Å². The standard InChI is InChI=1S/C6H9IO3/c1-4-2-5(3-7)10-6(8)9-4/h4-5H,2-3H2,1H3/t4-,5-/m0/s1. The maximum Gasteiger partial charge on any atom is 0.508 e. The topological polar surface area (TPSA) is 35.5 Å². The lowest BCUT2D eigenvalue weighted by molar-refractivity contribution is -0.0449. The lowest BCUT2D eigenvalue weighted by Crippen LogP contribution is -2.33. The molecule has 0 N–H and O–H groups in total. The van der Waals surface area contributed by atoms with Crippen LogP contribution >= 0.6 is 22.6 Å². The third kappa shape index (κ3) is 2.00. The number of alkyl halides is 1. The molecule has 0 aromatic rings. The van der Waals surface area contributed by atoms with Crippen LogP contribution in [0, 0.1) is 0 Å². The highest BCUT2D eigenvalue weighted by Gasteiger charge is 2.25. The Morgan fingerprint density at radius 3 is 2.90 bits per heavy atom. The van der Waals surface area contributed by atoms with Crippen LogP contribution in [0.25, 0.3) is 0 Å². The molecule has 1 heterocycles. The van der Waals surface area contributed by atoms with Crippen LogP contribution in [-0.2, 0) is 9.47 Å². The molecule has 0 aliphatic carbocycles. The van der Waals surface area contributed by atoms with Crippen LogP contribution in [0.1, 0.15) is 13.3 Å². The number of carbonyl (C=O) groups excluding carboxylic acids is 1. The molecule has 4 heteroatoms. The van der Waals surface area contributed by atoms with Crippen molar-refractivity contribution in [3.63, 3.8) is 0 Å². The Hall–Kier alpha value is 0. The SMILES string of the molecule is C[C@H]1C[C@@H](CI)OC(=O)O1. The summed E-state index contributed by atoms with van der Waals surface area (Å²) in [4.78, 5) is 10.6. The van der Waals surface area contributed by atoms with E-state index in [1.807, 2.05) is 6.92 Å². The van der Waals surface area contributed by atoms with E-state index in [0.29, 0.717) is 0 Å². The van der Waals surface area contributed by atoms with Crippen molar-refractivity contribution in [2.45, 2.75) is 25.6 Å². The van der Waals surface area contributed by atoms with E-state index in [1.54, 1.807) is 0 Å². The fraction of sp³-hybridized carbons (Fsp3) is 0.833. The summed E-state index contributed by atoms with van der Waals surface area (Å²) < 4.78 is 10.4. The molecule has 1 aliphatic rings. The van der Waals surface area contributed by atoms with E-state index in [4.69, 9.17) is 9.47 Å². The minimum Gasteiger partial charge on any atom is -0.431 e. The molecule has 0 bridgehead atoms. The summed E-state index contributed by atoms with van der Waals surface area (Å²) in [5.74, 6) is 0. The first-order chi connectivity index (χ1) is 4.72. The third-order valence-electron chi connectivity index (χ3n) is 1.33. The minimum atomic E-state index is -0.527. The van der Waals surface area contributed by atoms with Crippen molar-refractivity contribution in [3.05, 3.63) is 0 Å². The molecule has 1 fully saturated rings. The molecule has 0 aromatic carbocycles. The summed E-state index contributed by atoms with van der Waals surface area (Å²) in [6.45, 7) is 1.87. The van der Waals surface area contributed by atoms with E-state index in [2.05, 4.69) is 22.6 Å². The molecule has 0 aromatic heterocycles. The van der Waals surface area contributed by atoms with Gasteiger partial charge in [-0.15, -0.1) is 0 Å². The number of halogens is 1. The van der Waals surface area contributed by atoms with Gasteiger partial charge in [0.25, 0.3) is 0 Å². The van der Waals surface area contributed by atoms with Gasteiger partial charge in [-0.05, 0) is 6.92 Å². The second kappa shape index (κ2) is 3.41. The molecule has 2 atom stereocenters. The molecule has 3 nitrogen and oxygen atoms in total. The highest BCUT2D eigenvalue weighted by Crippen LogP contribution is 2.15. The molecule has 10 heavy (non-hydrogen) atoms. The van der Waals surface area contributed by atoms with Gasteiger partial charge in [0.05, 0.1) is 0 Å². The molecule has 58 valence electrons. The van der Waals surface area contributed by atoms with E-state index < -0.39 is 6.16 Å². The quantitative estimate of drug-likeness (QED) is 0.407. The van der Waals surface area contributed by atoms with Gasteiger partial charge in [0, 0.05) is 10.8 Å². The number of hydrogen-bond donors (Lipinski definition) is 0. The molecule has 1 rings (SSSR count). The van der Waals surface area contributed by atoms with Gasteiger partial charge >= 0.3 is 6.16 Å². The van der Waals surface area contributed by atoms with Gasteiger partial charge in [-0.3, -0.25) is 0 Å². The van der Waals surface area contributed by atoms with Crippen LogP contribution in [0.2, 0.25) is 0 Å². The fourth-order valence-electron chi connectivity index (χ4n) is 0.889. The average Bonchev–Trinajstić information content (AvgIpc) is 1.85. The largest absolute Gasteiger partial charge is 0.508 e. The smallest absolute Gasteiger partial charge is 0.431 e. The van der Waals surface area contributed by atoms with Gasteiger partial charge in [-0.1, -0.05) is 22.6 Å². The summed E-state index contributed by atoms with van der Waals surface area (Å²) in [5, 5.41) is 0. The summed E-state index contributed by atoms with van der Waals surface area (Å²) in [5.41, 5.74) is 0. The Balaban J connectivity index is 2.42. The maximum atomic E-state index is 10.6. The van der Waals surface area contributed by atoms with Crippen LogP contribution in [0.15, 0.2) is 0 Å². The number of carbonyl (C=O) groups is 1. The van der Waals surface area contributed by atoms with Gasteiger partial charge in [0.15, 0.2) is 0 Å². The monoisotopic (exact) mass is 256 g/mol. The van der Waals surface area contributed by atoms with Gasteiger partial charge in [-0.25, -0.2) is 4.79 Å². The number of rotatable bonds is 1. The summed E-state index contributed by atoms with van der Waals surface area (Å²) in [6.07, 6.45) is 0.354. The van der Waals surface area contributed by atoms with Gasteiger partial charge in [-0.2, -0.15) is 0 Å². The van der Waals surface area contributed by atoms with Crippen molar-refractivity contribution in [1.29, 1.82) is 0 Å². The van der Waals surface area contributed by atoms with Gasteiger partial charge in [0.1, 0.15) is 12.2 Å². The van der Waals surface area contributed by atoms with Crippen LogP contribution in [0.5, 0.6) is 0 Å². The van der Waals surface area contributed by atoms with E-state index in [9.17, 15) is 4.79 Å². The first kappa shape index (κ1) is 8.10. The van der Waals surface area contributed by atoms with Crippen molar-refractivity contribution in [3.8, 4) is 0 Å². The Labute approximate surface area is 73.2 Å². The molecule has 0 radical (unpaired) electrons. The molecular formula is C6H9IO3. The van der Waals surface area contributed by atoms with E-state index in [0.717, 1.165) is 10.8 Å². The van der Waals surface area contributed by atoms with Crippen LogP contribution in [-0.4, -0.2) is 22.8 Å². The predicted molar refractivity (Wildman–Crippen MR) is 44.3 cm³/mol. The normalized spacial score (nSPS) is 32.8. The molecule has 1 aliphatic heterocycles. The van der Waals surface area contributed by atoms with E-state index >= 15 is 0 Å². The highest BCUT2D eigenvalue weighted by atomic mass is 127. The van der Waals surface area contributed by atoms with E-state index in [-0.39, 0.29) is 12.2 Å². The van der Waals surface area contributed by atoms with Crippen LogP contribution < -0.4 is 0 Å². The van der Waals surface area contributed by atoms with E-state index in [1.165, 1.54) is 0 Å². The fourth-order valence-corrected chi connectivity index (χ4v) is 1.43. The van der Waals surface area contributed by atoms with Crippen molar-refractivity contribution < 1.29 is 14.3 Å². The van der Waals surface area contributed by atoms with Crippen molar-refractivity contribution in [1.82, 2.24) is 0 Å². The average molecular weight is 256 g/mol. The Bertz CT molecular complexity index is 137. The highest BCUT2D eigenvalue weighted by molar-refractivity contribution is 14.1. The number of cyclic esters (lactones) is 2. The molecule has 0 saturated carbocycles. The predicted octanol–water partition coefficient (Wildman–Crippen LogP) is 1.74. The van der Waals surface area contributed by atoms with Crippen molar-refractivity contribution in [2.24, 2.45) is 0 Å². The van der Waals surface area contributed by atoms with Gasteiger partial charge in [0.2, 0.25) is 0 Å². The Morgan fingerprint density at radius 1 is 1.70 bits per heavy atom. The number of ether oxygens (including phenoxy) is 2. The zero-order valence-corrected chi connectivity index (χ0v) is 7.83. The zero-order valence-electron chi connectivity index (χ0n) is 5.67. The van der Waals surface area contributed by atoms with Crippen LogP contribution in [0.4, 0.5) is 4.79 Å². The minimum absolute atomic E-state index is 0.0148. The second-order valence-corrected chi connectivity index (χ2v) is 3.19. The Kier molecular flexibility index (Phi) is 2.76. The van der Waals surface area contributed by atoms with Crippen LogP contribution in [0.3, 0.4) is 0 Å². The lowest BCUT2D eigenvalue weighted by Gasteiger charge is -2.25. The van der Waals surface area contributed by atoms with Crippen molar-refractivity contribution >= 4 is 28.7 Å². The number of hydrogen-bond acceptors (Lipinski definition) is 3. The molecule has 0 spiro atoms. The molecule has 0 amide bonds. The second-order valence-electron chi connectivity index (χ2n) is 2.31. The summed E-state index contributed by atoms with van der Waals surface area (Å²) >= 11 is 2.19. The molecular weight excluding hydrogens is 247 g/mol. The summed E-state index contributed by atoms with van der Waals surface area (Å²) in [7, 11) is 0.